The lowest BCUT2D eigenvalue weighted by Crippen LogP contribution is -2.37. The summed E-state index contributed by atoms with van der Waals surface area (Å²) in [5, 5.41) is 5.09. The zero-order valence-corrected chi connectivity index (χ0v) is 15.8. The molecule has 1 heterocycles. The Morgan fingerprint density at radius 2 is 2.00 bits per heavy atom. The number of carbonyl (C=O) groups is 2. The number of hydrogen-bond donors (Lipinski definition) is 2. The fourth-order valence-electron chi connectivity index (χ4n) is 2.30. The first-order valence-corrected chi connectivity index (χ1v) is 8.77. The molecule has 2 aromatic rings. The van der Waals surface area contributed by atoms with E-state index in [1.54, 1.807) is 18.4 Å². The van der Waals surface area contributed by atoms with Crippen molar-refractivity contribution in [2.24, 2.45) is 0 Å². The first-order chi connectivity index (χ1) is 14.0. The van der Waals surface area contributed by atoms with Crippen LogP contribution in [-0.4, -0.2) is 45.2 Å². The minimum atomic E-state index is -3.01. The van der Waals surface area contributed by atoms with Crippen LogP contribution < -0.4 is 20.1 Å². The van der Waals surface area contributed by atoms with Gasteiger partial charge in [-0.15, -0.1) is 0 Å². The van der Waals surface area contributed by atoms with Crippen molar-refractivity contribution < 1.29 is 37.0 Å². The van der Waals surface area contributed by atoms with Crippen molar-refractivity contribution in [3.63, 3.8) is 0 Å². The third-order valence-electron chi connectivity index (χ3n) is 3.66. The van der Waals surface area contributed by atoms with Gasteiger partial charge in [-0.3, -0.25) is 9.59 Å². The number of nitrogens with one attached hydrogen (secondary N) is 2. The van der Waals surface area contributed by atoms with Crippen LogP contribution in [0.15, 0.2) is 41.0 Å². The van der Waals surface area contributed by atoms with Gasteiger partial charge in [-0.1, -0.05) is 0 Å². The first-order valence-electron chi connectivity index (χ1n) is 8.77. The standard InChI is InChI=1S/C19H22F2N2O6/c1-26-16-10-13(5-6-15(16)29-19(20)21)18(25)23-11-17(24)22-7-3-8-27-12-14-4-2-9-28-14/h2,4-6,9-10,19H,3,7-8,11-12H2,1H3,(H,22,24)(H,23,25). The fourth-order valence-corrected chi connectivity index (χ4v) is 2.30. The lowest BCUT2D eigenvalue weighted by molar-refractivity contribution is -0.120. The Hall–Kier alpha value is -3.14. The van der Waals surface area contributed by atoms with Crippen LogP contribution in [0.4, 0.5) is 8.78 Å². The highest BCUT2D eigenvalue weighted by Crippen LogP contribution is 2.29. The number of ether oxygens (including phenoxy) is 3. The SMILES string of the molecule is COc1cc(C(=O)NCC(=O)NCCCOCc2ccco2)ccc1OC(F)F. The Morgan fingerprint density at radius 3 is 2.69 bits per heavy atom. The number of halogens is 2. The van der Waals surface area contributed by atoms with Gasteiger partial charge in [-0.05, 0) is 36.8 Å². The number of carbonyl (C=O) groups excluding carboxylic acids is 2. The normalized spacial score (nSPS) is 10.6. The minimum absolute atomic E-state index is 0.0167. The number of alkyl halides is 2. The van der Waals surface area contributed by atoms with Crippen molar-refractivity contribution in [2.45, 2.75) is 19.6 Å². The maximum atomic E-state index is 12.3. The van der Waals surface area contributed by atoms with E-state index in [0.717, 1.165) is 5.76 Å². The predicted octanol–water partition coefficient (Wildman–Crippen LogP) is 2.34. The predicted molar refractivity (Wildman–Crippen MR) is 97.9 cm³/mol. The van der Waals surface area contributed by atoms with Crippen LogP contribution in [0.3, 0.4) is 0 Å². The molecule has 0 aliphatic heterocycles. The summed E-state index contributed by atoms with van der Waals surface area (Å²) in [6.45, 7) is -2.05. The highest BCUT2D eigenvalue weighted by molar-refractivity contribution is 5.97. The van der Waals surface area contributed by atoms with E-state index in [-0.39, 0.29) is 29.5 Å². The molecular weight excluding hydrogens is 390 g/mol. The van der Waals surface area contributed by atoms with Crippen molar-refractivity contribution in [1.82, 2.24) is 10.6 Å². The molecule has 0 unspecified atom stereocenters. The van der Waals surface area contributed by atoms with Gasteiger partial charge in [-0.2, -0.15) is 8.78 Å². The molecule has 158 valence electrons. The van der Waals surface area contributed by atoms with Gasteiger partial charge in [0.15, 0.2) is 11.5 Å². The molecule has 0 spiro atoms. The number of hydrogen-bond acceptors (Lipinski definition) is 6. The molecule has 0 radical (unpaired) electrons. The van der Waals surface area contributed by atoms with E-state index in [0.29, 0.717) is 26.2 Å². The van der Waals surface area contributed by atoms with Crippen molar-refractivity contribution in [3.8, 4) is 11.5 Å². The molecular formula is C19H22F2N2O6. The molecule has 1 aromatic carbocycles. The second-order valence-corrected chi connectivity index (χ2v) is 5.76. The van der Waals surface area contributed by atoms with Crippen LogP contribution in [0.25, 0.3) is 0 Å². The summed E-state index contributed by atoms with van der Waals surface area (Å²) in [5.74, 6) is -0.400. The summed E-state index contributed by atoms with van der Waals surface area (Å²) in [7, 11) is 1.27. The highest BCUT2D eigenvalue weighted by atomic mass is 19.3. The molecule has 0 aliphatic rings. The summed E-state index contributed by atoms with van der Waals surface area (Å²) < 4.78 is 44.4. The summed E-state index contributed by atoms with van der Waals surface area (Å²) in [6.07, 6.45) is 2.16. The molecule has 0 saturated carbocycles. The van der Waals surface area contributed by atoms with Crippen molar-refractivity contribution in [2.75, 3.05) is 26.8 Å². The van der Waals surface area contributed by atoms with E-state index in [1.807, 2.05) is 0 Å². The molecule has 8 nitrogen and oxygen atoms in total. The molecule has 2 N–H and O–H groups in total. The van der Waals surface area contributed by atoms with Crippen LogP contribution in [0.1, 0.15) is 22.5 Å². The van der Waals surface area contributed by atoms with Gasteiger partial charge in [-0.25, -0.2) is 0 Å². The van der Waals surface area contributed by atoms with E-state index >= 15 is 0 Å². The zero-order chi connectivity index (χ0) is 21.1. The van der Waals surface area contributed by atoms with E-state index in [9.17, 15) is 18.4 Å². The van der Waals surface area contributed by atoms with E-state index in [4.69, 9.17) is 13.9 Å². The quantitative estimate of drug-likeness (QED) is 0.519. The van der Waals surface area contributed by atoms with Crippen LogP contribution in [0.2, 0.25) is 0 Å². The van der Waals surface area contributed by atoms with Crippen molar-refractivity contribution in [1.29, 1.82) is 0 Å². The second kappa shape index (κ2) is 11.6. The van der Waals surface area contributed by atoms with Gasteiger partial charge in [0.25, 0.3) is 5.91 Å². The molecule has 0 bridgehead atoms. The number of rotatable bonds is 12. The molecule has 0 atom stereocenters. The largest absolute Gasteiger partial charge is 0.493 e. The van der Waals surface area contributed by atoms with Gasteiger partial charge in [0.05, 0.1) is 19.9 Å². The molecule has 0 aliphatic carbocycles. The fraction of sp³-hybridized carbons (Fsp3) is 0.368. The Labute approximate surface area is 166 Å². The molecule has 2 amide bonds. The molecule has 0 saturated heterocycles. The lowest BCUT2D eigenvalue weighted by atomic mass is 10.2. The van der Waals surface area contributed by atoms with Crippen molar-refractivity contribution >= 4 is 11.8 Å². The van der Waals surface area contributed by atoms with Crippen LogP contribution in [-0.2, 0) is 16.1 Å². The molecule has 10 heteroatoms. The third kappa shape index (κ3) is 7.78. The molecule has 0 fully saturated rings. The molecule has 29 heavy (non-hydrogen) atoms. The van der Waals surface area contributed by atoms with Gasteiger partial charge >= 0.3 is 6.61 Å². The summed E-state index contributed by atoms with van der Waals surface area (Å²) in [6, 6.07) is 7.32. The van der Waals surface area contributed by atoms with E-state index in [1.165, 1.54) is 25.3 Å². The van der Waals surface area contributed by atoms with Crippen LogP contribution in [0.5, 0.6) is 11.5 Å². The third-order valence-corrected chi connectivity index (χ3v) is 3.66. The van der Waals surface area contributed by atoms with Crippen molar-refractivity contribution in [3.05, 3.63) is 47.9 Å². The Morgan fingerprint density at radius 1 is 1.17 bits per heavy atom. The Balaban J connectivity index is 1.66. The number of furan rings is 1. The number of benzene rings is 1. The lowest BCUT2D eigenvalue weighted by Gasteiger charge is -2.11. The topological polar surface area (TPSA) is 99.0 Å². The van der Waals surface area contributed by atoms with E-state index in [2.05, 4.69) is 15.4 Å². The average molecular weight is 412 g/mol. The average Bonchev–Trinajstić information content (AvgIpc) is 3.22. The van der Waals surface area contributed by atoms with Crippen LogP contribution in [0, 0.1) is 0 Å². The van der Waals surface area contributed by atoms with Gasteiger partial charge in [0.2, 0.25) is 5.91 Å². The smallest absolute Gasteiger partial charge is 0.387 e. The maximum Gasteiger partial charge on any atom is 0.387 e. The first kappa shape index (κ1) is 22.2. The second-order valence-electron chi connectivity index (χ2n) is 5.76. The zero-order valence-electron chi connectivity index (χ0n) is 15.8. The summed E-state index contributed by atoms with van der Waals surface area (Å²) in [5.41, 5.74) is 0.141. The highest BCUT2D eigenvalue weighted by Gasteiger charge is 2.14. The molecule has 2 rings (SSSR count). The van der Waals surface area contributed by atoms with Gasteiger partial charge in [0, 0.05) is 18.7 Å². The number of methoxy groups -OCH3 is 1. The van der Waals surface area contributed by atoms with Crippen LogP contribution >= 0.6 is 0 Å². The Bertz CT molecular complexity index is 783. The summed E-state index contributed by atoms with van der Waals surface area (Å²) >= 11 is 0. The number of amides is 2. The van der Waals surface area contributed by atoms with E-state index < -0.39 is 12.5 Å². The Kier molecular flexibility index (Phi) is 8.90. The van der Waals surface area contributed by atoms with Gasteiger partial charge < -0.3 is 29.3 Å². The van der Waals surface area contributed by atoms with Gasteiger partial charge in [0.1, 0.15) is 12.4 Å². The maximum absolute atomic E-state index is 12.3. The summed E-state index contributed by atoms with van der Waals surface area (Å²) in [4.78, 5) is 23.9. The minimum Gasteiger partial charge on any atom is -0.493 e. The molecule has 1 aromatic heterocycles. The monoisotopic (exact) mass is 412 g/mol.